The van der Waals surface area contributed by atoms with Crippen LogP contribution in [0.4, 0.5) is 0 Å². The summed E-state index contributed by atoms with van der Waals surface area (Å²) >= 11 is 0. The van der Waals surface area contributed by atoms with Gasteiger partial charge in [0.15, 0.2) is 0 Å². The number of likely N-dealkylation sites (N-methyl/N-ethyl adjacent to an activating group) is 1. The van der Waals surface area contributed by atoms with Crippen LogP contribution >= 0.6 is 0 Å². The maximum atomic E-state index is 13.0. The Kier molecular flexibility index (Phi) is 4.72. The van der Waals surface area contributed by atoms with Gasteiger partial charge >= 0.3 is 0 Å². The first-order chi connectivity index (χ1) is 9.82. The molecule has 116 valence electrons. The van der Waals surface area contributed by atoms with Gasteiger partial charge in [-0.25, -0.2) is 0 Å². The molecule has 1 N–H and O–H groups in total. The van der Waals surface area contributed by atoms with Crippen molar-refractivity contribution >= 4 is 5.91 Å². The van der Waals surface area contributed by atoms with Crippen LogP contribution in [0.25, 0.3) is 0 Å². The monoisotopic (exact) mass is 288 g/mol. The molecule has 0 saturated carbocycles. The van der Waals surface area contributed by atoms with Crippen molar-refractivity contribution in [1.82, 2.24) is 10.2 Å². The summed E-state index contributed by atoms with van der Waals surface area (Å²) in [6.45, 7) is 10.3. The largest absolute Gasteiger partial charge is 0.342 e. The van der Waals surface area contributed by atoms with E-state index in [0.29, 0.717) is 6.04 Å². The number of carbonyl (C=O) groups is 1. The Labute approximate surface area is 128 Å². The van der Waals surface area contributed by atoms with E-state index < -0.39 is 5.41 Å². The van der Waals surface area contributed by atoms with E-state index in [1.165, 1.54) is 11.1 Å². The first kappa shape index (κ1) is 16.0. The highest BCUT2D eigenvalue weighted by molar-refractivity contribution is 5.87. The first-order valence-corrected chi connectivity index (χ1v) is 7.89. The molecule has 1 aliphatic heterocycles. The second-order valence-electron chi connectivity index (χ2n) is 6.90. The topological polar surface area (TPSA) is 32.3 Å². The summed E-state index contributed by atoms with van der Waals surface area (Å²) in [4.78, 5) is 15.0. The lowest BCUT2D eigenvalue weighted by Crippen LogP contribution is -2.49. The first-order valence-electron chi connectivity index (χ1n) is 7.89. The van der Waals surface area contributed by atoms with E-state index in [2.05, 4.69) is 37.4 Å². The Morgan fingerprint density at radius 1 is 1.14 bits per heavy atom. The number of amides is 1. The minimum Gasteiger partial charge on any atom is -0.342 e. The summed E-state index contributed by atoms with van der Waals surface area (Å²) in [5.74, 6) is 0.222. The maximum absolute atomic E-state index is 13.0. The quantitative estimate of drug-likeness (QED) is 0.927. The molecule has 1 fully saturated rings. The predicted molar refractivity (Wildman–Crippen MR) is 87.6 cm³/mol. The Morgan fingerprint density at radius 3 is 2.19 bits per heavy atom. The van der Waals surface area contributed by atoms with Gasteiger partial charge in [-0.2, -0.15) is 0 Å². The van der Waals surface area contributed by atoms with Crippen molar-refractivity contribution in [3.05, 3.63) is 34.9 Å². The number of nitrogens with zero attached hydrogens (tertiary/aromatic N) is 1. The maximum Gasteiger partial charge on any atom is 0.232 e. The van der Waals surface area contributed by atoms with Gasteiger partial charge in [-0.1, -0.05) is 29.3 Å². The van der Waals surface area contributed by atoms with Crippen LogP contribution in [0.15, 0.2) is 18.2 Å². The van der Waals surface area contributed by atoms with E-state index in [9.17, 15) is 4.79 Å². The van der Waals surface area contributed by atoms with E-state index in [-0.39, 0.29) is 5.91 Å². The minimum atomic E-state index is -0.476. The van der Waals surface area contributed by atoms with Gasteiger partial charge in [0.25, 0.3) is 0 Å². The van der Waals surface area contributed by atoms with Gasteiger partial charge in [0.05, 0.1) is 5.41 Å². The van der Waals surface area contributed by atoms with E-state index >= 15 is 0 Å². The highest BCUT2D eigenvalue weighted by Crippen LogP contribution is 2.28. The van der Waals surface area contributed by atoms with Crippen molar-refractivity contribution in [2.75, 3.05) is 20.1 Å². The number of rotatable bonds is 3. The van der Waals surface area contributed by atoms with E-state index in [0.717, 1.165) is 31.5 Å². The standard InChI is InChI=1S/C18H28N2O/c1-13-10-14(2)12-15(11-13)18(3,4)17(21)20(5)16-6-8-19-9-7-16/h10-12,16,19H,6-9H2,1-5H3. The van der Waals surface area contributed by atoms with Crippen molar-refractivity contribution in [2.24, 2.45) is 0 Å². The molecule has 0 bridgehead atoms. The third-order valence-electron chi connectivity index (χ3n) is 4.65. The molecule has 1 aromatic rings. The van der Waals surface area contributed by atoms with Gasteiger partial charge in [-0.15, -0.1) is 0 Å². The second kappa shape index (κ2) is 6.18. The van der Waals surface area contributed by atoms with E-state index in [1.807, 2.05) is 25.8 Å². The zero-order chi connectivity index (χ0) is 15.6. The predicted octanol–water partition coefficient (Wildman–Crippen LogP) is 2.79. The van der Waals surface area contributed by atoms with Crippen molar-refractivity contribution in [3.63, 3.8) is 0 Å². The summed E-state index contributed by atoms with van der Waals surface area (Å²) in [6, 6.07) is 6.80. The Morgan fingerprint density at radius 2 is 1.67 bits per heavy atom. The van der Waals surface area contributed by atoms with Crippen LogP contribution in [0.1, 0.15) is 43.4 Å². The van der Waals surface area contributed by atoms with Gasteiger partial charge in [0, 0.05) is 13.1 Å². The van der Waals surface area contributed by atoms with Crippen LogP contribution in [0.2, 0.25) is 0 Å². The smallest absolute Gasteiger partial charge is 0.232 e. The Balaban J connectivity index is 2.22. The van der Waals surface area contributed by atoms with Crippen LogP contribution < -0.4 is 5.32 Å². The SMILES string of the molecule is Cc1cc(C)cc(C(C)(C)C(=O)N(C)C2CCNCC2)c1. The molecule has 0 atom stereocenters. The van der Waals surface area contributed by atoms with Gasteiger partial charge in [-0.3, -0.25) is 4.79 Å². The van der Waals surface area contributed by atoms with Crippen LogP contribution in [-0.4, -0.2) is 37.0 Å². The lowest BCUT2D eigenvalue weighted by Gasteiger charge is -2.37. The summed E-state index contributed by atoms with van der Waals surface area (Å²) in [6.07, 6.45) is 2.09. The van der Waals surface area contributed by atoms with Crippen molar-refractivity contribution in [1.29, 1.82) is 0 Å². The van der Waals surface area contributed by atoms with Gasteiger partial charge < -0.3 is 10.2 Å². The molecular weight excluding hydrogens is 260 g/mol. The molecule has 0 radical (unpaired) electrons. The highest BCUT2D eigenvalue weighted by atomic mass is 16.2. The fourth-order valence-electron chi connectivity index (χ4n) is 3.26. The molecule has 0 aliphatic carbocycles. The Hall–Kier alpha value is -1.35. The molecule has 1 heterocycles. The molecular formula is C18H28N2O. The molecule has 0 spiro atoms. The van der Waals surface area contributed by atoms with Crippen molar-refractivity contribution in [3.8, 4) is 0 Å². The number of hydrogen-bond donors (Lipinski definition) is 1. The number of piperidine rings is 1. The van der Waals surface area contributed by atoms with Crippen LogP contribution in [0, 0.1) is 13.8 Å². The molecule has 3 heteroatoms. The molecule has 0 aromatic heterocycles. The number of benzene rings is 1. The summed E-state index contributed by atoms with van der Waals surface area (Å²) in [5.41, 5.74) is 3.08. The highest BCUT2D eigenvalue weighted by Gasteiger charge is 2.35. The van der Waals surface area contributed by atoms with Gasteiger partial charge in [0.1, 0.15) is 0 Å². The number of hydrogen-bond acceptors (Lipinski definition) is 2. The van der Waals surface area contributed by atoms with Crippen LogP contribution in [-0.2, 0) is 10.2 Å². The zero-order valence-electron chi connectivity index (χ0n) is 14.0. The molecule has 21 heavy (non-hydrogen) atoms. The summed E-state index contributed by atoms with van der Waals surface area (Å²) in [7, 11) is 1.96. The molecule has 3 nitrogen and oxygen atoms in total. The van der Waals surface area contributed by atoms with Crippen LogP contribution in [0.5, 0.6) is 0 Å². The van der Waals surface area contributed by atoms with E-state index in [1.54, 1.807) is 0 Å². The van der Waals surface area contributed by atoms with Crippen molar-refractivity contribution < 1.29 is 4.79 Å². The molecule has 1 amide bonds. The molecule has 1 aromatic carbocycles. The molecule has 0 unspecified atom stereocenters. The zero-order valence-corrected chi connectivity index (χ0v) is 14.0. The summed E-state index contributed by atoms with van der Waals surface area (Å²) in [5, 5.41) is 3.36. The molecule has 2 rings (SSSR count). The summed E-state index contributed by atoms with van der Waals surface area (Å²) < 4.78 is 0. The minimum absolute atomic E-state index is 0.222. The average Bonchev–Trinajstić information content (AvgIpc) is 2.45. The second-order valence-corrected chi connectivity index (χ2v) is 6.90. The van der Waals surface area contributed by atoms with Gasteiger partial charge in [0.2, 0.25) is 5.91 Å². The van der Waals surface area contributed by atoms with Crippen LogP contribution in [0.3, 0.4) is 0 Å². The third-order valence-corrected chi connectivity index (χ3v) is 4.65. The molecule has 1 saturated heterocycles. The molecule has 1 aliphatic rings. The number of nitrogens with one attached hydrogen (secondary N) is 1. The van der Waals surface area contributed by atoms with Gasteiger partial charge in [-0.05, 0) is 59.2 Å². The fraction of sp³-hybridized carbons (Fsp3) is 0.611. The third kappa shape index (κ3) is 3.46. The lowest BCUT2D eigenvalue weighted by atomic mass is 9.81. The number of aryl methyl sites for hydroxylation is 2. The normalized spacial score (nSPS) is 16.8. The fourth-order valence-corrected chi connectivity index (χ4v) is 3.26. The lowest BCUT2D eigenvalue weighted by molar-refractivity contribution is -0.137. The number of carbonyl (C=O) groups excluding carboxylic acids is 1. The Bertz CT molecular complexity index is 496. The van der Waals surface area contributed by atoms with E-state index in [4.69, 9.17) is 0 Å². The average molecular weight is 288 g/mol. The van der Waals surface area contributed by atoms with Crippen molar-refractivity contribution in [2.45, 2.75) is 52.0 Å².